The van der Waals surface area contributed by atoms with E-state index in [1.54, 1.807) is 0 Å². The van der Waals surface area contributed by atoms with E-state index in [4.69, 9.17) is 13.0 Å². The Hall–Kier alpha value is 0.376. The van der Waals surface area contributed by atoms with Crippen LogP contribution < -0.4 is 5.14 Å². The normalized spacial score (nSPS) is 9.67. The fourth-order valence-corrected chi connectivity index (χ4v) is 0. The summed E-state index contributed by atoms with van der Waals surface area (Å²) in [7, 11) is -4.42. The van der Waals surface area contributed by atoms with Crippen LogP contribution in [-0.4, -0.2) is 13.0 Å². The summed E-state index contributed by atoms with van der Waals surface area (Å²) >= 11 is 0. The molecule has 0 spiro atoms. The summed E-state index contributed by atoms with van der Waals surface area (Å²) in [4.78, 5) is 0. The summed E-state index contributed by atoms with van der Waals surface area (Å²) in [6.07, 6.45) is 0. The van der Waals surface area contributed by atoms with E-state index in [2.05, 4.69) is 5.14 Å². The van der Waals surface area contributed by atoms with E-state index < -0.39 is 10.3 Å². The van der Waals surface area contributed by atoms with E-state index in [9.17, 15) is 0 Å². The molecule has 0 bridgehead atoms. The van der Waals surface area contributed by atoms with Crippen LogP contribution in [0.1, 0.15) is 0 Å². The summed E-state index contributed by atoms with van der Waals surface area (Å²) in [5.74, 6) is 0. The van der Waals surface area contributed by atoms with Gasteiger partial charge in [0.05, 0.1) is 0 Å². The third-order valence-electron chi connectivity index (χ3n) is 0. The van der Waals surface area contributed by atoms with Crippen LogP contribution in [-0.2, 0) is 27.1 Å². The zero-order chi connectivity index (χ0) is 4.50. The predicted molar refractivity (Wildman–Crippen MR) is 13.9 cm³/mol. The Bertz CT molecular complexity index is 94.0. The van der Waals surface area contributed by atoms with Crippen molar-refractivity contribution in [3.8, 4) is 0 Å². The van der Waals surface area contributed by atoms with Crippen LogP contribution >= 0.6 is 0 Å². The molecule has 6 heavy (non-hydrogen) atoms. The zero-order valence-electron chi connectivity index (χ0n) is 2.54. The van der Waals surface area contributed by atoms with Crippen LogP contribution in [0.3, 0.4) is 0 Å². The van der Waals surface area contributed by atoms with Crippen molar-refractivity contribution in [3.63, 3.8) is 0 Å². The molecule has 0 saturated heterocycles. The average Bonchev–Trinajstić information content (AvgIpc) is 0.722. The summed E-state index contributed by atoms with van der Waals surface area (Å²) in [5, 5.41) is 3.77. The third kappa shape index (κ3) is 352. The van der Waals surface area contributed by atoms with Gasteiger partial charge in [0.15, 0.2) is 10.3 Å². The monoisotopic (exact) mass is 155 g/mol. The van der Waals surface area contributed by atoms with Gasteiger partial charge in [0.1, 0.15) is 0 Å². The molecule has 41 valence electrons. The van der Waals surface area contributed by atoms with E-state index in [1.165, 1.54) is 0 Å². The summed E-state index contributed by atoms with van der Waals surface area (Å²) in [6.45, 7) is 0. The van der Waals surface area contributed by atoms with Crippen molar-refractivity contribution in [2.24, 2.45) is 5.14 Å². The first-order valence-corrected chi connectivity index (χ1v) is 2.21. The maximum Gasteiger partial charge on any atom is 0.156 e. The molecule has 0 fully saturated rings. The number of hydrogen-bond acceptors (Lipinski definition) is 3. The minimum absolute atomic E-state index is 0. The van der Waals surface area contributed by atoms with Crippen LogP contribution in [0.15, 0.2) is 0 Å². The number of rotatable bonds is 0. The van der Waals surface area contributed by atoms with E-state index in [0.29, 0.717) is 0 Å². The van der Waals surface area contributed by atoms with Gasteiger partial charge < -0.3 is 4.55 Å². The van der Waals surface area contributed by atoms with Gasteiger partial charge in [0.2, 0.25) is 0 Å². The van der Waals surface area contributed by atoms with Gasteiger partial charge in [0, 0.05) is 16.8 Å². The van der Waals surface area contributed by atoms with Crippen LogP contribution in [0.25, 0.3) is 0 Å². The van der Waals surface area contributed by atoms with Gasteiger partial charge in [-0.05, 0) is 0 Å². The Kier molecular flexibility index (Phi) is 4.06. The van der Waals surface area contributed by atoms with E-state index >= 15 is 0 Å². The second-order valence-corrected chi connectivity index (χ2v) is 1.48. The van der Waals surface area contributed by atoms with Crippen molar-refractivity contribution >= 4 is 10.3 Å². The molecule has 0 saturated carbocycles. The fourth-order valence-electron chi connectivity index (χ4n) is 0. The molecular formula is H2CoNO3S-. The van der Waals surface area contributed by atoms with Gasteiger partial charge in [-0.1, -0.05) is 0 Å². The van der Waals surface area contributed by atoms with E-state index in [1.807, 2.05) is 0 Å². The molecule has 0 heterocycles. The molecule has 0 amide bonds. The molecule has 6 heteroatoms. The third-order valence-corrected chi connectivity index (χ3v) is 0. The van der Waals surface area contributed by atoms with Gasteiger partial charge in [0.25, 0.3) is 0 Å². The second kappa shape index (κ2) is 2.53. The van der Waals surface area contributed by atoms with Crippen molar-refractivity contribution < 1.29 is 29.7 Å². The largest absolute Gasteiger partial charge is 0.736 e. The molecule has 0 unspecified atom stereocenters. The molecule has 0 aromatic rings. The summed E-state index contributed by atoms with van der Waals surface area (Å²) in [6, 6.07) is 0. The second-order valence-electron chi connectivity index (χ2n) is 0.493. The summed E-state index contributed by atoms with van der Waals surface area (Å²) in [5.41, 5.74) is 0. The van der Waals surface area contributed by atoms with Gasteiger partial charge >= 0.3 is 0 Å². The quantitative estimate of drug-likeness (QED) is 0.427. The van der Waals surface area contributed by atoms with Crippen molar-refractivity contribution in [2.45, 2.75) is 0 Å². The molecule has 0 aromatic heterocycles. The molecular weight excluding hydrogens is 153 g/mol. The fraction of sp³-hybridized carbons (Fsp3) is 0. The van der Waals surface area contributed by atoms with Gasteiger partial charge in [-0.25, -0.2) is 13.6 Å². The minimum atomic E-state index is -4.42. The standard InChI is InChI=1S/Co.H3NO3S/c;1-5(2,3)4/h;(H3,1,2,3,4)/p-1. The zero-order valence-corrected chi connectivity index (χ0v) is 4.40. The molecule has 0 aliphatic rings. The van der Waals surface area contributed by atoms with Crippen LogP contribution in [0.4, 0.5) is 0 Å². The Morgan fingerprint density at radius 3 is 1.50 bits per heavy atom. The topological polar surface area (TPSA) is 83.2 Å². The Balaban J connectivity index is 0. The van der Waals surface area contributed by atoms with Gasteiger partial charge in [-0.15, -0.1) is 0 Å². The van der Waals surface area contributed by atoms with Crippen LogP contribution in [0.2, 0.25) is 0 Å². The number of hydrogen-bond donors (Lipinski definition) is 1. The van der Waals surface area contributed by atoms with E-state index in [-0.39, 0.29) is 16.8 Å². The Labute approximate surface area is 45.8 Å². The van der Waals surface area contributed by atoms with E-state index in [0.717, 1.165) is 0 Å². The molecule has 0 aliphatic heterocycles. The SMILES string of the molecule is NS(=O)(=O)[O-].[Co]. The first-order valence-electron chi connectivity index (χ1n) is 0.736. The Morgan fingerprint density at radius 1 is 1.50 bits per heavy atom. The smallest absolute Gasteiger partial charge is 0.156 e. The molecule has 2 N–H and O–H groups in total. The molecule has 1 radical (unpaired) electrons. The maximum absolute atomic E-state index is 8.85. The number of nitrogens with two attached hydrogens (primary N) is 1. The molecule has 0 rings (SSSR count). The van der Waals surface area contributed by atoms with Crippen molar-refractivity contribution in [1.29, 1.82) is 0 Å². The van der Waals surface area contributed by atoms with Gasteiger partial charge in [-0.3, -0.25) is 0 Å². The van der Waals surface area contributed by atoms with Gasteiger partial charge in [-0.2, -0.15) is 0 Å². The maximum atomic E-state index is 8.85. The first-order chi connectivity index (χ1) is 2.00. The molecule has 4 nitrogen and oxygen atoms in total. The van der Waals surface area contributed by atoms with Crippen LogP contribution in [0.5, 0.6) is 0 Å². The predicted octanol–water partition coefficient (Wildman–Crippen LogP) is -1.60. The van der Waals surface area contributed by atoms with Crippen molar-refractivity contribution in [3.05, 3.63) is 0 Å². The molecule has 0 aliphatic carbocycles. The molecule has 0 aromatic carbocycles. The van der Waals surface area contributed by atoms with Crippen LogP contribution in [0, 0.1) is 0 Å². The summed E-state index contributed by atoms with van der Waals surface area (Å²) < 4.78 is 26.6. The molecule has 0 atom stereocenters. The van der Waals surface area contributed by atoms with Crippen molar-refractivity contribution in [1.82, 2.24) is 0 Å². The van der Waals surface area contributed by atoms with Crippen molar-refractivity contribution in [2.75, 3.05) is 0 Å². The Morgan fingerprint density at radius 2 is 1.50 bits per heavy atom. The average molecular weight is 155 g/mol. The first kappa shape index (κ1) is 9.62. The minimum Gasteiger partial charge on any atom is -0.736 e.